The van der Waals surface area contributed by atoms with Crippen molar-refractivity contribution in [2.45, 2.75) is 26.7 Å². The minimum atomic E-state index is 0.611. The number of carbonyl (C=O) groups is 1. The van der Waals surface area contributed by atoms with Gasteiger partial charge in [0.1, 0.15) is 0 Å². The third kappa shape index (κ3) is 9.69. The van der Waals surface area contributed by atoms with Gasteiger partial charge in [-0.3, -0.25) is 4.79 Å². The summed E-state index contributed by atoms with van der Waals surface area (Å²) in [6.45, 7) is 8.18. The van der Waals surface area contributed by atoms with E-state index < -0.39 is 0 Å². The van der Waals surface area contributed by atoms with Crippen LogP contribution in [0, 0.1) is 0 Å². The molecule has 0 fully saturated rings. The summed E-state index contributed by atoms with van der Waals surface area (Å²) in [7, 11) is 0. The van der Waals surface area contributed by atoms with Crippen LogP contribution in [-0.2, 0) is 14.3 Å². The molecule has 0 aliphatic rings. The molecular weight excluding hydrogens is 194 g/mol. The van der Waals surface area contributed by atoms with Crippen molar-refractivity contribution in [3.63, 3.8) is 0 Å². The summed E-state index contributed by atoms with van der Waals surface area (Å²) < 4.78 is 10.6. The standard InChI is InChI=1S/C11H23NO3/c1-3-7-14-9-5-12(11-13)6-10-15-8-4-2/h11H,3-10H2,1-2H3. The van der Waals surface area contributed by atoms with Crippen LogP contribution in [0.3, 0.4) is 0 Å². The van der Waals surface area contributed by atoms with Gasteiger partial charge in [-0.1, -0.05) is 13.8 Å². The van der Waals surface area contributed by atoms with Crippen LogP contribution in [-0.4, -0.2) is 50.8 Å². The zero-order valence-electron chi connectivity index (χ0n) is 9.91. The molecule has 0 N–H and O–H groups in total. The second-order valence-electron chi connectivity index (χ2n) is 3.37. The monoisotopic (exact) mass is 217 g/mol. The fraction of sp³-hybridized carbons (Fsp3) is 0.909. The lowest BCUT2D eigenvalue weighted by Gasteiger charge is -2.16. The second-order valence-corrected chi connectivity index (χ2v) is 3.37. The normalized spacial score (nSPS) is 10.3. The summed E-state index contributed by atoms with van der Waals surface area (Å²) in [5.41, 5.74) is 0. The molecule has 0 aromatic carbocycles. The van der Waals surface area contributed by atoms with E-state index in [1.165, 1.54) is 0 Å². The molecule has 0 atom stereocenters. The molecule has 0 saturated heterocycles. The maximum absolute atomic E-state index is 10.6. The van der Waals surface area contributed by atoms with Gasteiger partial charge in [-0.25, -0.2) is 0 Å². The summed E-state index contributed by atoms with van der Waals surface area (Å²) in [4.78, 5) is 12.3. The average molecular weight is 217 g/mol. The second kappa shape index (κ2) is 11.5. The van der Waals surface area contributed by atoms with Gasteiger partial charge < -0.3 is 14.4 Å². The number of amides is 1. The highest BCUT2D eigenvalue weighted by molar-refractivity contribution is 5.46. The van der Waals surface area contributed by atoms with E-state index in [1.54, 1.807) is 4.90 Å². The first kappa shape index (κ1) is 14.4. The predicted octanol–water partition coefficient (Wildman–Crippen LogP) is 1.30. The van der Waals surface area contributed by atoms with Crippen molar-refractivity contribution in [3.05, 3.63) is 0 Å². The Morgan fingerprint density at radius 1 is 0.933 bits per heavy atom. The van der Waals surface area contributed by atoms with E-state index in [4.69, 9.17) is 9.47 Å². The highest BCUT2D eigenvalue weighted by atomic mass is 16.5. The molecule has 4 heteroatoms. The van der Waals surface area contributed by atoms with Crippen molar-refractivity contribution in [1.82, 2.24) is 4.90 Å². The molecule has 0 unspecified atom stereocenters. The van der Waals surface area contributed by atoms with Crippen LogP contribution in [0.4, 0.5) is 0 Å². The fourth-order valence-corrected chi connectivity index (χ4v) is 1.07. The van der Waals surface area contributed by atoms with Gasteiger partial charge in [-0.15, -0.1) is 0 Å². The molecule has 0 heterocycles. The third-order valence-corrected chi connectivity index (χ3v) is 1.89. The molecule has 4 nitrogen and oxygen atoms in total. The molecule has 0 radical (unpaired) electrons. The minimum Gasteiger partial charge on any atom is -0.380 e. The van der Waals surface area contributed by atoms with Crippen molar-refractivity contribution < 1.29 is 14.3 Å². The van der Waals surface area contributed by atoms with Crippen LogP contribution in [0.1, 0.15) is 26.7 Å². The van der Waals surface area contributed by atoms with Crippen molar-refractivity contribution in [2.75, 3.05) is 39.5 Å². The summed E-state index contributed by atoms with van der Waals surface area (Å²) >= 11 is 0. The Bertz CT molecular complexity index is 130. The number of nitrogens with zero attached hydrogens (tertiary/aromatic N) is 1. The number of ether oxygens (including phenoxy) is 2. The molecule has 0 bridgehead atoms. The van der Waals surface area contributed by atoms with Crippen molar-refractivity contribution >= 4 is 6.41 Å². The lowest BCUT2D eigenvalue weighted by molar-refractivity contribution is -0.119. The maximum Gasteiger partial charge on any atom is 0.209 e. The van der Waals surface area contributed by atoms with Crippen LogP contribution in [0.5, 0.6) is 0 Å². The lowest BCUT2D eigenvalue weighted by Crippen LogP contribution is -2.29. The molecule has 0 spiro atoms. The molecule has 15 heavy (non-hydrogen) atoms. The van der Waals surface area contributed by atoms with E-state index in [9.17, 15) is 4.79 Å². The van der Waals surface area contributed by atoms with Crippen molar-refractivity contribution in [3.8, 4) is 0 Å². The fourth-order valence-electron chi connectivity index (χ4n) is 1.07. The van der Waals surface area contributed by atoms with Gasteiger partial charge in [0.05, 0.1) is 13.2 Å². The summed E-state index contributed by atoms with van der Waals surface area (Å²) in [5, 5.41) is 0. The Hall–Kier alpha value is -0.610. The van der Waals surface area contributed by atoms with E-state index in [-0.39, 0.29) is 0 Å². The van der Waals surface area contributed by atoms with E-state index in [1.807, 2.05) is 0 Å². The van der Waals surface area contributed by atoms with Gasteiger partial charge in [0.15, 0.2) is 0 Å². The van der Waals surface area contributed by atoms with E-state index >= 15 is 0 Å². The van der Waals surface area contributed by atoms with Gasteiger partial charge in [0.2, 0.25) is 6.41 Å². The van der Waals surface area contributed by atoms with Crippen LogP contribution >= 0.6 is 0 Å². The van der Waals surface area contributed by atoms with E-state index in [0.717, 1.165) is 32.5 Å². The summed E-state index contributed by atoms with van der Waals surface area (Å²) in [5.74, 6) is 0. The Labute approximate surface area is 92.5 Å². The smallest absolute Gasteiger partial charge is 0.209 e. The molecule has 0 aromatic heterocycles. The molecule has 0 aliphatic carbocycles. The Morgan fingerprint density at radius 3 is 1.73 bits per heavy atom. The zero-order valence-corrected chi connectivity index (χ0v) is 9.91. The topological polar surface area (TPSA) is 38.8 Å². The molecule has 0 saturated carbocycles. The van der Waals surface area contributed by atoms with Gasteiger partial charge in [0, 0.05) is 26.3 Å². The van der Waals surface area contributed by atoms with Crippen LogP contribution < -0.4 is 0 Å². The van der Waals surface area contributed by atoms with Gasteiger partial charge in [0.25, 0.3) is 0 Å². The third-order valence-electron chi connectivity index (χ3n) is 1.89. The Balaban J connectivity index is 3.34. The SMILES string of the molecule is CCCOCCN(C=O)CCOCCC. The average Bonchev–Trinajstić information content (AvgIpc) is 2.27. The quantitative estimate of drug-likeness (QED) is 0.387. The largest absolute Gasteiger partial charge is 0.380 e. The van der Waals surface area contributed by atoms with Crippen molar-refractivity contribution in [2.24, 2.45) is 0 Å². The van der Waals surface area contributed by atoms with Gasteiger partial charge in [-0.2, -0.15) is 0 Å². The zero-order chi connectivity index (χ0) is 11.4. The number of hydrogen-bond acceptors (Lipinski definition) is 3. The first-order valence-corrected chi connectivity index (χ1v) is 5.70. The first-order chi connectivity index (χ1) is 7.35. The number of carbonyl (C=O) groups excluding carboxylic acids is 1. The highest BCUT2D eigenvalue weighted by Crippen LogP contribution is 1.88. The summed E-state index contributed by atoms with van der Waals surface area (Å²) in [6, 6.07) is 0. The van der Waals surface area contributed by atoms with Crippen molar-refractivity contribution in [1.29, 1.82) is 0 Å². The minimum absolute atomic E-state index is 0.611. The first-order valence-electron chi connectivity index (χ1n) is 5.70. The molecule has 0 aliphatic heterocycles. The predicted molar refractivity (Wildman–Crippen MR) is 59.9 cm³/mol. The molecule has 90 valence electrons. The highest BCUT2D eigenvalue weighted by Gasteiger charge is 2.00. The molecular formula is C11H23NO3. The van der Waals surface area contributed by atoms with E-state index in [2.05, 4.69) is 13.8 Å². The summed E-state index contributed by atoms with van der Waals surface area (Å²) in [6.07, 6.45) is 2.88. The van der Waals surface area contributed by atoms with Crippen LogP contribution in [0.2, 0.25) is 0 Å². The molecule has 0 rings (SSSR count). The Kier molecular flexibility index (Phi) is 11.0. The molecule has 0 aromatic rings. The number of hydrogen-bond donors (Lipinski definition) is 0. The Morgan fingerprint density at radius 2 is 1.40 bits per heavy atom. The molecule has 1 amide bonds. The lowest BCUT2D eigenvalue weighted by atomic mass is 10.5. The van der Waals surface area contributed by atoms with Gasteiger partial charge in [-0.05, 0) is 12.8 Å². The van der Waals surface area contributed by atoms with E-state index in [0.29, 0.717) is 26.3 Å². The van der Waals surface area contributed by atoms with Gasteiger partial charge >= 0.3 is 0 Å². The van der Waals surface area contributed by atoms with Crippen LogP contribution in [0.15, 0.2) is 0 Å². The maximum atomic E-state index is 10.6. The van der Waals surface area contributed by atoms with Crippen LogP contribution in [0.25, 0.3) is 0 Å². The number of rotatable bonds is 11.